The molecule has 0 fully saturated rings. The van der Waals surface area contributed by atoms with Crippen molar-refractivity contribution in [2.24, 2.45) is 0 Å². The van der Waals surface area contributed by atoms with Gasteiger partial charge in [-0.05, 0) is 79.6 Å². The van der Waals surface area contributed by atoms with Crippen molar-refractivity contribution in [1.29, 1.82) is 0 Å². The Bertz CT molecular complexity index is 1960. The number of amides is 2. The first-order valence-electron chi connectivity index (χ1n) is 15.9. The largest absolute Gasteiger partial charge is 0.457 e. The Morgan fingerprint density at radius 1 is 0.776 bits per heavy atom. The lowest BCUT2D eigenvalue weighted by atomic mass is 10.0. The number of sulfonamides is 1. The summed E-state index contributed by atoms with van der Waals surface area (Å²) in [7, 11) is -4.25. The number of halogens is 1. The summed E-state index contributed by atoms with van der Waals surface area (Å²) in [5.74, 6) is 0.183. The monoisotopic (exact) mass is 695 g/mol. The zero-order valence-electron chi connectivity index (χ0n) is 27.3. The second-order valence-electron chi connectivity index (χ2n) is 11.4. The van der Waals surface area contributed by atoms with E-state index in [4.69, 9.17) is 16.3 Å². The molecule has 0 unspecified atom stereocenters. The van der Waals surface area contributed by atoms with Gasteiger partial charge < -0.3 is 15.0 Å². The van der Waals surface area contributed by atoms with E-state index in [-0.39, 0.29) is 29.5 Å². The number of ether oxygens (including phenoxy) is 1. The van der Waals surface area contributed by atoms with Gasteiger partial charge >= 0.3 is 0 Å². The number of nitrogens with zero attached hydrogens (tertiary/aromatic N) is 2. The normalized spacial score (nSPS) is 11.7. The van der Waals surface area contributed by atoms with Gasteiger partial charge in [0.15, 0.2) is 0 Å². The number of hydrogen-bond acceptors (Lipinski definition) is 5. The molecule has 5 rings (SSSR count). The van der Waals surface area contributed by atoms with Crippen LogP contribution in [0.25, 0.3) is 0 Å². The molecule has 1 atom stereocenters. The Kier molecular flexibility index (Phi) is 11.7. The summed E-state index contributed by atoms with van der Waals surface area (Å²) < 4.78 is 35.6. The standard InChI is InChI=1S/C39H38ClN3O5S/c1-3-41-39(45)37(26-30-12-6-4-7-13-30)42(27-31-14-10-11-17-36(31)40)38(44)28-43(49(46,47)35-24-18-29(2)19-25-35)32-20-22-34(23-21-32)48-33-15-8-5-9-16-33/h4-25,37H,3,26-28H2,1-2H3,(H,41,45)/t37-/m0/s1. The first-order chi connectivity index (χ1) is 23.7. The molecule has 5 aromatic carbocycles. The zero-order chi connectivity index (χ0) is 34.8. The molecular formula is C39H38ClN3O5S. The lowest BCUT2D eigenvalue weighted by molar-refractivity contribution is -0.140. The van der Waals surface area contributed by atoms with Gasteiger partial charge in [0.2, 0.25) is 11.8 Å². The average Bonchev–Trinajstić information content (AvgIpc) is 3.11. The van der Waals surface area contributed by atoms with Crippen LogP contribution in [0, 0.1) is 6.92 Å². The Morgan fingerprint density at radius 2 is 1.37 bits per heavy atom. The highest BCUT2D eigenvalue weighted by Gasteiger charge is 2.34. The molecule has 252 valence electrons. The van der Waals surface area contributed by atoms with Crippen LogP contribution in [0.2, 0.25) is 5.02 Å². The van der Waals surface area contributed by atoms with Crippen molar-refractivity contribution < 1.29 is 22.7 Å². The molecule has 0 aliphatic heterocycles. The first-order valence-corrected chi connectivity index (χ1v) is 17.7. The van der Waals surface area contributed by atoms with Crippen LogP contribution >= 0.6 is 11.6 Å². The molecule has 0 saturated carbocycles. The molecule has 10 heteroatoms. The van der Waals surface area contributed by atoms with Crippen molar-refractivity contribution in [3.8, 4) is 11.5 Å². The SMILES string of the molecule is CCNC(=O)[C@H](Cc1ccccc1)N(Cc1ccccc1Cl)C(=O)CN(c1ccc(Oc2ccccc2)cc1)S(=O)(=O)c1ccc(C)cc1. The highest BCUT2D eigenvalue weighted by molar-refractivity contribution is 7.92. The van der Waals surface area contributed by atoms with Gasteiger partial charge in [-0.3, -0.25) is 13.9 Å². The summed E-state index contributed by atoms with van der Waals surface area (Å²) in [6.07, 6.45) is 0.207. The summed E-state index contributed by atoms with van der Waals surface area (Å²) in [5, 5.41) is 3.29. The minimum Gasteiger partial charge on any atom is -0.457 e. The number of anilines is 1. The number of aryl methyl sites for hydroxylation is 1. The third-order valence-corrected chi connectivity index (χ3v) is 10.1. The van der Waals surface area contributed by atoms with Gasteiger partial charge in [-0.1, -0.05) is 96.0 Å². The number of benzene rings is 5. The molecule has 8 nitrogen and oxygen atoms in total. The Labute approximate surface area is 293 Å². The Balaban J connectivity index is 1.56. The molecule has 5 aromatic rings. The van der Waals surface area contributed by atoms with Gasteiger partial charge in [0.05, 0.1) is 10.6 Å². The lowest BCUT2D eigenvalue weighted by Gasteiger charge is -2.34. The number of likely N-dealkylation sites (N-methyl/N-ethyl adjacent to an activating group) is 1. The van der Waals surface area contributed by atoms with Crippen LogP contribution in [0.1, 0.15) is 23.6 Å². The molecule has 0 heterocycles. The highest BCUT2D eigenvalue weighted by atomic mass is 35.5. The molecule has 0 aliphatic carbocycles. The molecule has 0 bridgehead atoms. The van der Waals surface area contributed by atoms with Crippen LogP contribution in [-0.2, 0) is 32.6 Å². The molecule has 49 heavy (non-hydrogen) atoms. The van der Waals surface area contributed by atoms with E-state index in [9.17, 15) is 18.0 Å². The van der Waals surface area contributed by atoms with Crippen molar-refractivity contribution in [3.05, 3.63) is 155 Å². The smallest absolute Gasteiger partial charge is 0.264 e. The van der Waals surface area contributed by atoms with Crippen LogP contribution in [0.3, 0.4) is 0 Å². The maximum Gasteiger partial charge on any atom is 0.264 e. The number of hydrogen-bond donors (Lipinski definition) is 1. The zero-order valence-corrected chi connectivity index (χ0v) is 28.9. The molecule has 0 spiro atoms. The van der Waals surface area contributed by atoms with Gasteiger partial charge in [0.25, 0.3) is 10.0 Å². The summed E-state index contributed by atoms with van der Waals surface area (Å²) in [5.41, 5.74) is 2.61. The van der Waals surface area contributed by atoms with Crippen molar-refractivity contribution in [1.82, 2.24) is 10.2 Å². The van der Waals surface area contributed by atoms with E-state index in [0.29, 0.717) is 28.6 Å². The summed E-state index contributed by atoms with van der Waals surface area (Å²) in [6.45, 7) is 3.42. The van der Waals surface area contributed by atoms with E-state index in [0.717, 1.165) is 15.4 Å². The van der Waals surface area contributed by atoms with Crippen LogP contribution in [0.15, 0.2) is 138 Å². The van der Waals surface area contributed by atoms with Crippen LogP contribution in [-0.4, -0.2) is 44.3 Å². The first kappa shape index (κ1) is 35.2. The topological polar surface area (TPSA) is 96.0 Å². The summed E-state index contributed by atoms with van der Waals surface area (Å²) >= 11 is 6.56. The Morgan fingerprint density at radius 3 is 2.00 bits per heavy atom. The average molecular weight is 696 g/mol. The molecule has 0 aliphatic rings. The Hall–Kier alpha value is -5.12. The van der Waals surface area contributed by atoms with Crippen molar-refractivity contribution in [2.45, 2.75) is 37.8 Å². The third-order valence-electron chi connectivity index (χ3n) is 7.91. The van der Waals surface area contributed by atoms with Crippen molar-refractivity contribution >= 4 is 39.1 Å². The van der Waals surface area contributed by atoms with Gasteiger partial charge in [0, 0.05) is 24.5 Å². The minimum absolute atomic E-state index is 0.0184. The van der Waals surface area contributed by atoms with E-state index < -0.39 is 28.5 Å². The van der Waals surface area contributed by atoms with Crippen LogP contribution in [0.4, 0.5) is 5.69 Å². The van der Waals surface area contributed by atoms with Crippen molar-refractivity contribution in [2.75, 3.05) is 17.4 Å². The fourth-order valence-corrected chi connectivity index (χ4v) is 6.94. The molecule has 0 saturated heterocycles. The molecule has 0 aromatic heterocycles. The van der Waals surface area contributed by atoms with Crippen LogP contribution in [0.5, 0.6) is 11.5 Å². The molecular weight excluding hydrogens is 658 g/mol. The van der Waals surface area contributed by atoms with Gasteiger partial charge in [-0.25, -0.2) is 8.42 Å². The molecule has 1 N–H and O–H groups in total. The number of para-hydroxylation sites is 1. The van der Waals surface area contributed by atoms with Gasteiger partial charge in [0.1, 0.15) is 24.1 Å². The third kappa shape index (κ3) is 9.07. The quantitative estimate of drug-likeness (QED) is 0.131. The number of nitrogens with one attached hydrogen (secondary N) is 1. The van der Waals surface area contributed by atoms with E-state index >= 15 is 0 Å². The van der Waals surface area contributed by atoms with E-state index in [2.05, 4.69) is 5.32 Å². The van der Waals surface area contributed by atoms with Gasteiger partial charge in [-0.15, -0.1) is 0 Å². The number of carbonyl (C=O) groups is 2. The van der Waals surface area contributed by atoms with E-state index in [1.807, 2.05) is 67.6 Å². The summed E-state index contributed by atoms with van der Waals surface area (Å²) in [4.78, 5) is 29.7. The fourth-order valence-electron chi connectivity index (χ4n) is 5.33. The second-order valence-corrected chi connectivity index (χ2v) is 13.7. The van der Waals surface area contributed by atoms with E-state index in [1.54, 1.807) is 67.6 Å². The molecule has 0 radical (unpaired) electrons. The number of carbonyl (C=O) groups excluding carboxylic acids is 2. The lowest BCUT2D eigenvalue weighted by Crippen LogP contribution is -2.53. The second kappa shape index (κ2) is 16.3. The maximum absolute atomic E-state index is 14.6. The summed E-state index contributed by atoms with van der Waals surface area (Å²) in [6, 6.07) is 37.7. The van der Waals surface area contributed by atoms with E-state index in [1.165, 1.54) is 17.0 Å². The van der Waals surface area contributed by atoms with Crippen LogP contribution < -0.4 is 14.4 Å². The highest BCUT2D eigenvalue weighted by Crippen LogP contribution is 2.29. The van der Waals surface area contributed by atoms with Gasteiger partial charge in [-0.2, -0.15) is 0 Å². The predicted octanol–water partition coefficient (Wildman–Crippen LogP) is 7.41. The minimum atomic E-state index is -4.25. The maximum atomic E-state index is 14.6. The van der Waals surface area contributed by atoms with Crippen molar-refractivity contribution in [3.63, 3.8) is 0 Å². The predicted molar refractivity (Wildman–Crippen MR) is 193 cm³/mol. The fraction of sp³-hybridized carbons (Fsp3) is 0.179. The number of rotatable bonds is 14. The molecule has 2 amide bonds.